The number of amides is 1. The number of carbonyl (C=O) groups is 1. The minimum Gasteiger partial charge on any atom is -0.382 e. The van der Waals surface area contributed by atoms with Crippen LogP contribution >= 0.6 is 0 Å². The predicted octanol–water partition coefficient (Wildman–Crippen LogP) is 1.23. The molecule has 0 unspecified atom stereocenters. The first kappa shape index (κ1) is 15.3. The van der Waals surface area contributed by atoms with E-state index >= 15 is 0 Å². The maximum absolute atomic E-state index is 13.4. The van der Waals surface area contributed by atoms with Crippen molar-refractivity contribution >= 4 is 11.6 Å². The molecule has 0 atom stereocenters. The summed E-state index contributed by atoms with van der Waals surface area (Å²) in [4.78, 5) is 25.6. The van der Waals surface area contributed by atoms with Crippen LogP contribution in [0, 0.1) is 17.1 Å². The fourth-order valence-electron chi connectivity index (χ4n) is 1.85. The standard InChI is InChI=1S/C15H13FN4O2/c16-12-4-1-5-13(11(12)9-17)18-7-8-20-15(22)10-3-2-6-19-14(10)21/h1-6,18H,7-8H2,(H,19,21)(H,20,22). The van der Waals surface area contributed by atoms with Crippen molar-refractivity contribution < 1.29 is 9.18 Å². The van der Waals surface area contributed by atoms with Crippen LogP contribution in [-0.2, 0) is 0 Å². The van der Waals surface area contributed by atoms with Gasteiger partial charge in [0.25, 0.3) is 11.5 Å². The average Bonchev–Trinajstić information content (AvgIpc) is 2.52. The van der Waals surface area contributed by atoms with Gasteiger partial charge in [0.05, 0.1) is 5.69 Å². The van der Waals surface area contributed by atoms with Crippen LogP contribution in [0.15, 0.2) is 41.3 Å². The van der Waals surface area contributed by atoms with E-state index in [1.165, 1.54) is 24.4 Å². The molecule has 1 aromatic carbocycles. The van der Waals surface area contributed by atoms with Crippen molar-refractivity contribution in [2.75, 3.05) is 18.4 Å². The van der Waals surface area contributed by atoms with E-state index in [0.29, 0.717) is 5.69 Å². The molecule has 1 heterocycles. The van der Waals surface area contributed by atoms with E-state index in [1.54, 1.807) is 18.2 Å². The van der Waals surface area contributed by atoms with Crippen molar-refractivity contribution in [3.05, 3.63) is 63.8 Å². The lowest BCUT2D eigenvalue weighted by Gasteiger charge is -2.09. The number of nitriles is 1. The quantitative estimate of drug-likeness (QED) is 0.723. The third kappa shape index (κ3) is 3.49. The monoisotopic (exact) mass is 300 g/mol. The molecule has 0 saturated heterocycles. The number of carbonyl (C=O) groups excluding carboxylic acids is 1. The Hall–Kier alpha value is -3.14. The molecule has 0 bridgehead atoms. The van der Waals surface area contributed by atoms with E-state index in [1.807, 2.05) is 0 Å². The summed E-state index contributed by atoms with van der Waals surface area (Å²) in [5, 5.41) is 14.3. The van der Waals surface area contributed by atoms with Gasteiger partial charge in [0.1, 0.15) is 23.0 Å². The summed E-state index contributed by atoms with van der Waals surface area (Å²) >= 11 is 0. The Morgan fingerprint density at radius 3 is 2.82 bits per heavy atom. The molecule has 0 fully saturated rings. The summed E-state index contributed by atoms with van der Waals surface area (Å²) in [6.45, 7) is 0.503. The molecular weight excluding hydrogens is 287 g/mol. The molecule has 3 N–H and O–H groups in total. The molecule has 0 radical (unpaired) electrons. The topological polar surface area (TPSA) is 97.8 Å². The molecule has 2 rings (SSSR count). The van der Waals surface area contributed by atoms with Crippen LogP contribution < -0.4 is 16.2 Å². The second kappa shape index (κ2) is 7.04. The molecule has 6 nitrogen and oxygen atoms in total. The number of halogens is 1. The Labute approximate surface area is 125 Å². The number of H-pyrrole nitrogens is 1. The molecule has 0 aliphatic carbocycles. The Balaban J connectivity index is 1.90. The zero-order valence-electron chi connectivity index (χ0n) is 11.5. The highest BCUT2D eigenvalue weighted by atomic mass is 19.1. The van der Waals surface area contributed by atoms with Crippen LogP contribution in [0.3, 0.4) is 0 Å². The number of anilines is 1. The smallest absolute Gasteiger partial charge is 0.260 e. The highest BCUT2D eigenvalue weighted by Gasteiger charge is 2.09. The van der Waals surface area contributed by atoms with Crippen LogP contribution in [-0.4, -0.2) is 24.0 Å². The van der Waals surface area contributed by atoms with Crippen LogP contribution in [0.2, 0.25) is 0 Å². The van der Waals surface area contributed by atoms with Crippen LogP contribution in [0.1, 0.15) is 15.9 Å². The molecule has 22 heavy (non-hydrogen) atoms. The molecule has 0 saturated carbocycles. The van der Waals surface area contributed by atoms with Gasteiger partial charge in [-0.3, -0.25) is 9.59 Å². The van der Waals surface area contributed by atoms with Crippen molar-refractivity contribution in [1.82, 2.24) is 10.3 Å². The van der Waals surface area contributed by atoms with Gasteiger partial charge in [0, 0.05) is 19.3 Å². The Morgan fingerprint density at radius 1 is 1.27 bits per heavy atom. The maximum atomic E-state index is 13.4. The Bertz CT molecular complexity index is 780. The first-order valence-electron chi connectivity index (χ1n) is 6.52. The average molecular weight is 300 g/mol. The number of nitrogens with one attached hydrogen (secondary N) is 3. The molecule has 0 spiro atoms. The second-order valence-corrected chi connectivity index (χ2v) is 4.37. The number of benzene rings is 1. The number of hydrogen-bond acceptors (Lipinski definition) is 4. The van der Waals surface area contributed by atoms with E-state index in [9.17, 15) is 14.0 Å². The number of aromatic nitrogens is 1. The second-order valence-electron chi connectivity index (χ2n) is 4.37. The summed E-state index contributed by atoms with van der Waals surface area (Å²) in [5.41, 5.74) is -0.168. The highest BCUT2D eigenvalue weighted by Crippen LogP contribution is 2.17. The van der Waals surface area contributed by atoms with Crippen molar-refractivity contribution in [2.24, 2.45) is 0 Å². The molecule has 112 valence electrons. The lowest BCUT2D eigenvalue weighted by Crippen LogP contribution is -2.32. The number of nitrogens with zero attached hydrogens (tertiary/aromatic N) is 1. The molecular formula is C15H13FN4O2. The van der Waals surface area contributed by atoms with E-state index in [4.69, 9.17) is 5.26 Å². The predicted molar refractivity (Wildman–Crippen MR) is 79.0 cm³/mol. The Morgan fingerprint density at radius 2 is 2.09 bits per heavy atom. The van der Waals surface area contributed by atoms with Gasteiger partial charge in [-0.15, -0.1) is 0 Å². The zero-order chi connectivity index (χ0) is 15.9. The van der Waals surface area contributed by atoms with E-state index in [0.717, 1.165) is 0 Å². The van der Waals surface area contributed by atoms with Crippen LogP contribution in [0.25, 0.3) is 0 Å². The van der Waals surface area contributed by atoms with Gasteiger partial charge in [-0.05, 0) is 24.3 Å². The molecule has 2 aromatic rings. The summed E-state index contributed by atoms with van der Waals surface area (Å²) < 4.78 is 13.4. The minimum atomic E-state index is -0.604. The normalized spacial score (nSPS) is 9.82. The van der Waals surface area contributed by atoms with Gasteiger partial charge in [-0.1, -0.05) is 6.07 Å². The fraction of sp³-hybridized carbons (Fsp3) is 0.133. The Kier molecular flexibility index (Phi) is 4.88. The highest BCUT2D eigenvalue weighted by molar-refractivity contribution is 5.93. The molecule has 1 aromatic heterocycles. The first-order valence-corrected chi connectivity index (χ1v) is 6.52. The molecule has 1 amide bonds. The van der Waals surface area contributed by atoms with Crippen molar-refractivity contribution in [3.63, 3.8) is 0 Å². The largest absolute Gasteiger partial charge is 0.382 e. The lowest BCUT2D eigenvalue weighted by atomic mass is 10.2. The van der Waals surface area contributed by atoms with Gasteiger partial charge in [-0.2, -0.15) is 5.26 Å². The van der Waals surface area contributed by atoms with Gasteiger partial charge in [-0.25, -0.2) is 4.39 Å². The summed E-state index contributed by atoms with van der Waals surface area (Å²) in [7, 11) is 0. The minimum absolute atomic E-state index is 0.0194. The van der Waals surface area contributed by atoms with Gasteiger partial charge >= 0.3 is 0 Å². The number of hydrogen-bond donors (Lipinski definition) is 3. The molecule has 0 aliphatic rings. The van der Waals surface area contributed by atoms with E-state index < -0.39 is 17.3 Å². The van der Waals surface area contributed by atoms with E-state index in [2.05, 4.69) is 15.6 Å². The molecule has 7 heteroatoms. The summed E-state index contributed by atoms with van der Waals surface area (Å²) in [6, 6.07) is 9.01. The van der Waals surface area contributed by atoms with Crippen LogP contribution in [0.5, 0.6) is 0 Å². The number of aromatic amines is 1. The summed E-state index contributed by atoms with van der Waals surface area (Å²) in [5.74, 6) is -1.10. The fourth-order valence-corrected chi connectivity index (χ4v) is 1.85. The van der Waals surface area contributed by atoms with Gasteiger partial charge in [0.15, 0.2) is 0 Å². The zero-order valence-corrected chi connectivity index (χ0v) is 11.5. The van der Waals surface area contributed by atoms with Gasteiger partial charge in [0.2, 0.25) is 0 Å². The van der Waals surface area contributed by atoms with Crippen LogP contribution in [0.4, 0.5) is 10.1 Å². The third-order valence-corrected chi connectivity index (χ3v) is 2.91. The van der Waals surface area contributed by atoms with E-state index in [-0.39, 0.29) is 24.2 Å². The van der Waals surface area contributed by atoms with Crippen molar-refractivity contribution in [3.8, 4) is 6.07 Å². The number of rotatable bonds is 5. The van der Waals surface area contributed by atoms with Gasteiger partial charge < -0.3 is 15.6 Å². The lowest BCUT2D eigenvalue weighted by molar-refractivity contribution is 0.0953. The van der Waals surface area contributed by atoms with Crippen molar-refractivity contribution in [2.45, 2.75) is 0 Å². The number of pyridine rings is 1. The summed E-state index contributed by atoms with van der Waals surface area (Å²) in [6.07, 6.45) is 1.44. The first-order chi connectivity index (χ1) is 10.6. The molecule has 0 aliphatic heterocycles. The third-order valence-electron chi connectivity index (χ3n) is 2.91. The maximum Gasteiger partial charge on any atom is 0.260 e. The van der Waals surface area contributed by atoms with Crippen molar-refractivity contribution in [1.29, 1.82) is 5.26 Å². The SMILES string of the molecule is N#Cc1c(F)cccc1NCCNC(=O)c1ccc[nH]c1=O.